The topological polar surface area (TPSA) is 87.0 Å². The molecule has 0 radical (unpaired) electrons. The van der Waals surface area contributed by atoms with Crippen molar-refractivity contribution in [2.45, 2.75) is 13.0 Å². The van der Waals surface area contributed by atoms with Crippen LogP contribution in [0.5, 0.6) is 0 Å². The average Bonchev–Trinajstić information content (AvgIpc) is 2.98. The molecule has 0 unspecified atom stereocenters. The first-order chi connectivity index (χ1) is 11.1. The Morgan fingerprint density at radius 3 is 2.78 bits per heavy atom. The van der Waals surface area contributed by atoms with Gasteiger partial charge in [0.15, 0.2) is 0 Å². The zero-order valence-corrected chi connectivity index (χ0v) is 12.5. The van der Waals surface area contributed by atoms with Gasteiger partial charge in [-0.15, -0.1) is 0 Å². The van der Waals surface area contributed by atoms with Gasteiger partial charge in [-0.1, -0.05) is 6.07 Å². The van der Waals surface area contributed by atoms with E-state index in [1.54, 1.807) is 22.4 Å². The standard InChI is InChI=1S/C15H15N5O3/c1-9-13(19-5-3-2-4-11(19)17-9)14(22)18-7-10(8-18)20-12(21)6-16-15(20)23/h2-5,10H,6-8H2,1H3,(H,16,23). The number of hydrogen-bond donors (Lipinski definition) is 1. The summed E-state index contributed by atoms with van der Waals surface area (Å²) < 4.78 is 1.76. The van der Waals surface area contributed by atoms with Gasteiger partial charge in [-0.3, -0.25) is 18.9 Å². The van der Waals surface area contributed by atoms with Crippen molar-refractivity contribution in [3.05, 3.63) is 35.8 Å². The summed E-state index contributed by atoms with van der Waals surface area (Å²) in [6.45, 7) is 2.56. The number of likely N-dealkylation sites (tertiary alicyclic amines) is 1. The van der Waals surface area contributed by atoms with E-state index in [4.69, 9.17) is 0 Å². The number of fused-ring (bicyclic) bond motifs is 1. The van der Waals surface area contributed by atoms with E-state index in [-0.39, 0.29) is 30.4 Å². The van der Waals surface area contributed by atoms with Gasteiger partial charge < -0.3 is 10.2 Å². The van der Waals surface area contributed by atoms with Crippen molar-refractivity contribution in [3.63, 3.8) is 0 Å². The van der Waals surface area contributed by atoms with Gasteiger partial charge in [-0.05, 0) is 19.1 Å². The second kappa shape index (κ2) is 4.80. The number of nitrogens with one attached hydrogen (secondary N) is 1. The van der Waals surface area contributed by atoms with Crippen molar-refractivity contribution in [3.8, 4) is 0 Å². The van der Waals surface area contributed by atoms with Crippen molar-refractivity contribution in [2.24, 2.45) is 0 Å². The second-order valence-electron chi connectivity index (χ2n) is 5.76. The highest BCUT2D eigenvalue weighted by Gasteiger charge is 2.43. The molecule has 8 heteroatoms. The normalized spacial score (nSPS) is 18.5. The van der Waals surface area contributed by atoms with Crippen LogP contribution in [0, 0.1) is 6.92 Å². The molecule has 2 fully saturated rings. The molecule has 1 N–H and O–H groups in total. The Balaban J connectivity index is 1.54. The van der Waals surface area contributed by atoms with Crippen molar-refractivity contribution < 1.29 is 14.4 Å². The van der Waals surface area contributed by atoms with Crippen LogP contribution in [0.4, 0.5) is 4.79 Å². The molecule has 4 rings (SSSR count). The molecule has 23 heavy (non-hydrogen) atoms. The first kappa shape index (κ1) is 13.7. The van der Waals surface area contributed by atoms with Gasteiger partial charge in [-0.2, -0.15) is 0 Å². The van der Waals surface area contributed by atoms with E-state index in [2.05, 4.69) is 10.3 Å². The maximum Gasteiger partial charge on any atom is 0.324 e. The number of pyridine rings is 1. The summed E-state index contributed by atoms with van der Waals surface area (Å²) in [7, 11) is 0. The highest BCUT2D eigenvalue weighted by Crippen LogP contribution is 2.22. The number of urea groups is 1. The average molecular weight is 313 g/mol. The molecule has 2 aromatic rings. The minimum atomic E-state index is -0.377. The second-order valence-corrected chi connectivity index (χ2v) is 5.76. The Kier molecular flexibility index (Phi) is 2.87. The molecule has 2 aliphatic heterocycles. The van der Waals surface area contributed by atoms with Gasteiger partial charge in [0.25, 0.3) is 5.91 Å². The summed E-state index contributed by atoms with van der Waals surface area (Å²) in [6.07, 6.45) is 1.80. The molecule has 2 aliphatic rings. The smallest absolute Gasteiger partial charge is 0.324 e. The van der Waals surface area contributed by atoms with Crippen LogP contribution in [-0.2, 0) is 4.79 Å². The molecule has 8 nitrogen and oxygen atoms in total. The van der Waals surface area contributed by atoms with Crippen LogP contribution in [0.15, 0.2) is 24.4 Å². The van der Waals surface area contributed by atoms with Crippen LogP contribution < -0.4 is 5.32 Å². The lowest BCUT2D eigenvalue weighted by molar-refractivity contribution is -0.128. The number of imide groups is 1. The Morgan fingerprint density at radius 2 is 2.09 bits per heavy atom. The summed E-state index contributed by atoms with van der Waals surface area (Å²) in [5.41, 5.74) is 1.91. The van der Waals surface area contributed by atoms with Crippen LogP contribution >= 0.6 is 0 Å². The Morgan fingerprint density at radius 1 is 1.30 bits per heavy atom. The van der Waals surface area contributed by atoms with Gasteiger partial charge >= 0.3 is 6.03 Å². The summed E-state index contributed by atoms with van der Waals surface area (Å²) in [4.78, 5) is 43.2. The number of carbonyl (C=O) groups excluding carboxylic acids is 3. The van der Waals surface area contributed by atoms with Crippen LogP contribution in [-0.4, -0.2) is 62.7 Å². The lowest BCUT2D eigenvalue weighted by Gasteiger charge is -2.42. The molecular formula is C15H15N5O3. The number of hydrogen-bond acceptors (Lipinski definition) is 4. The Bertz CT molecular complexity index is 821. The van der Waals surface area contributed by atoms with E-state index < -0.39 is 0 Å². The highest BCUT2D eigenvalue weighted by atomic mass is 16.2. The van der Waals surface area contributed by atoms with Gasteiger partial charge in [0.05, 0.1) is 18.3 Å². The third kappa shape index (κ3) is 1.98. The number of amides is 4. The van der Waals surface area contributed by atoms with E-state index in [9.17, 15) is 14.4 Å². The summed E-state index contributed by atoms with van der Waals surface area (Å²) >= 11 is 0. The van der Waals surface area contributed by atoms with E-state index >= 15 is 0 Å². The predicted octanol–water partition coefficient (Wildman–Crippen LogP) is 0.0189. The van der Waals surface area contributed by atoms with Crippen molar-refractivity contribution in [2.75, 3.05) is 19.6 Å². The molecule has 4 amide bonds. The van der Waals surface area contributed by atoms with Crippen LogP contribution in [0.25, 0.3) is 5.65 Å². The molecule has 0 aliphatic carbocycles. The minimum absolute atomic E-state index is 0.0373. The first-order valence-corrected chi connectivity index (χ1v) is 7.39. The van der Waals surface area contributed by atoms with E-state index in [0.717, 1.165) is 5.65 Å². The maximum absolute atomic E-state index is 12.7. The fourth-order valence-electron chi connectivity index (χ4n) is 3.11. The largest absolute Gasteiger partial charge is 0.333 e. The molecule has 0 atom stereocenters. The van der Waals surface area contributed by atoms with Gasteiger partial charge in [0.1, 0.15) is 11.3 Å². The van der Waals surface area contributed by atoms with Crippen molar-refractivity contribution in [1.29, 1.82) is 0 Å². The molecule has 0 bridgehead atoms. The molecule has 0 saturated carbocycles. The van der Waals surface area contributed by atoms with Crippen LogP contribution in [0.3, 0.4) is 0 Å². The fraction of sp³-hybridized carbons (Fsp3) is 0.333. The number of carbonyl (C=O) groups is 3. The van der Waals surface area contributed by atoms with E-state index in [1.165, 1.54) is 4.90 Å². The van der Waals surface area contributed by atoms with E-state index in [1.807, 2.05) is 18.2 Å². The monoisotopic (exact) mass is 313 g/mol. The predicted molar refractivity (Wildman–Crippen MR) is 79.9 cm³/mol. The van der Waals surface area contributed by atoms with Crippen LogP contribution in [0.2, 0.25) is 0 Å². The molecule has 0 aromatic carbocycles. The molecule has 2 aromatic heterocycles. The fourth-order valence-corrected chi connectivity index (χ4v) is 3.11. The highest BCUT2D eigenvalue weighted by molar-refractivity contribution is 6.03. The maximum atomic E-state index is 12.7. The molecule has 0 spiro atoms. The number of rotatable bonds is 2. The third-order valence-corrected chi connectivity index (χ3v) is 4.30. The van der Waals surface area contributed by atoms with Crippen LogP contribution in [0.1, 0.15) is 16.2 Å². The summed E-state index contributed by atoms with van der Waals surface area (Å²) in [5, 5.41) is 2.49. The zero-order valence-electron chi connectivity index (χ0n) is 12.5. The van der Waals surface area contributed by atoms with Crippen molar-refractivity contribution >= 4 is 23.5 Å². The molecule has 4 heterocycles. The Hall–Kier alpha value is -2.90. The quantitative estimate of drug-likeness (QED) is 0.792. The first-order valence-electron chi connectivity index (χ1n) is 7.39. The Labute approximate surface area is 131 Å². The molecular weight excluding hydrogens is 298 g/mol. The molecule has 2 saturated heterocycles. The molecule has 118 valence electrons. The van der Waals surface area contributed by atoms with Gasteiger partial charge in [-0.25, -0.2) is 9.78 Å². The number of nitrogens with zero attached hydrogens (tertiary/aromatic N) is 4. The minimum Gasteiger partial charge on any atom is -0.333 e. The van der Waals surface area contributed by atoms with Gasteiger partial charge in [0.2, 0.25) is 5.91 Å². The number of aryl methyl sites for hydroxylation is 1. The summed E-state index contributed by atoms with van der Waals surface area (Å²) in [5.74, 6) is -0.373. The van der Waals surface area contributed by atoms with Crippen molar-refractivity contribution in [1.82, 2.24) is 24.5 Å². The summed E-state index contributed by atoms with van der Waals surface area (Å²) in [6, 6.07) is 4.94. The lowest BCUT2D eigenvalue weighted by atomic mass is 10.1. The van der Waals surface area contributed by atoms with Gasteiger partial charge in [0, 0.05) is 19.3 Å². The zero-order chi connectivity index (χ0) is 16.1. The third-order valence-electron chi connectivity index (χ3n) is 4.30. The SMILES string of the molecule is Cc1nc2ccccn2c1C(=O)N1CC(N2C(=O)CNC2=O)C1. The van der Waals surface area contributed by atoms with E-state index in [0.29, 0.717) is 24.5 Å². The number of aromatic nitrogens is 2. The number of imidazole rings is 1. The lowest BCUT2D eigenvalue weighted by Crippen LogP contribution is -2.62.